The van der Waals surface area contributed by atoms with Crippen LogP contribution < -0.4 is 4.74 Å². The maximum atomic E-state index is 11.2. The number of nitrogens with zero attached hydrogens (tertiary/aromatic N) is 1. The molecule has 1 aromatic rings. The van der Waals surface area contributed by atoms with Crippen molar-refractivity contribution in [1.82, 2.24) is 4.90 Å². The van der Waals surface area contributed by atoms with E-state index in [1.165, 1.54) is 11.1 Å². The maximum absolute atomic E-state index is 11.2. The topological polar surface area (TPSA) is 62.2 Å². The smallest absolute Gasteiger partial charge is 0.165 e. The van der Waals surface area contributed by atoms with Gasteiger partial charge in [-0.25, -0.2) is 0 Å². The highest BCUT2D eigenvalue weighted by atomic mass is 16.6. The first-order valence-electron chi connectivity index (χ1n) is 10.7. The van der Waals surface area contributed by atoms with Gasteiger partial charge in [-0.15, -0.1) is 0 Å². The van der Waals surface area contributed by atoms with Crippen molar-refractivity contribution in [2.45, 2.75) is 74.7 Å². The van der Waals surface area contributed by atoms with Crippen LogP contribution in [0.15, 0.2) is 12.1 Å². The summed E-state index contributed by atoms with van der Waals surface area (Å²) in [6.07, 6.45) is 4.82. The van der Waals surface area contributed by atoms with Gasteiger partial charge >= 0.3 is 0 Å². The van der Waals surface area contributed by atoms with Gasteiger partial charge in [-0.1, -0.05) is 6.07 Å². The number of hydrogen-bond donors (Lipinski definition) is 2. The molecule has 4 bridgehead atoms. The molecule has 2 spiro atoms. The standard InChI is InChI=1S/C23H31NO4/c1-20(2,26)15-12-21-7-8-23(15,27-4)19-22(21)9-10-24(3)16(21)11-13-5-6-14(25)18(28-19)17(13)22/h5-6,15-16,19,25-26H,7-12H2,1-4H3/t15-,16+,19+,21+,22-,23+/m0/s1. The van der Waals surface area contributed by atoms with Crippen molar-refractivity contribution in [3.8, 4) is 11.5 Å². The van der Waals surface area contributed by atoms with Crippen molar-refractivity contribution in [1.29, 1.82) is 0 Å². The van der Waals surface area contributed by atoms with E-state index in [2.05, 4.69) is 18.0 Å². The molecule has 5 nitrogen and oxygen atoms in total. The normalized spacial score (nSPS) is 45.7. The van der Waals surface area contributed by atoms with E-state index < -0.39 is 11.2 Å². The third-order valence-electron chi connectivity index (χ3n) is 9.48. The van der Waals surface area contributed by atoms with E-state index in [1.807, 2.05) is 13.8 Å². The Hall–Kier alpha value is -1.30. The lowest BCUT2D eigenvalue weighted by molar-refractivity contribution is -0.298. The van der Waals surface area contributed by atoms with Gasteiger partial charge in [0.1, 0.15) is 11.7 Å². The van der Waals surface area contributed by atoms with Gasteiger partial charge in [-0.2, -0.15) is 0 Å². The van der Waals surface area contributed by atoms with Crippen molar-refractivity contribution in [2.75, 3.05) is 20.7 Å². The number of likely N-dealkylation sites (N-methyl/N-ethyl adjacent to an activating group) is 1. The van der Waals surface area contributed by atoms with Crippen LogP contribution in [0, 0.1) is 11.3 Å². The molecule has 1 aromatic carbocycles. The number of methoxy groups -OCH3 is 1. The van der Waals surface area contributed by atoms with Gasteiger partial charge in [0.2, 0.25) is 0 Å². The number of hydrogen-bond acceptors (Lipinski definition) is 5. The first kappa shape index (κ1) is 17.5. The molecule has 152 valence electrons. The van der Waals surface area contributed by atoms with E-state index >= 15 is 0 Å². The number of rotatable bonds is 2. The number of aliphatic hydroxyl groups is 1. The second-order valence-electron chi connectivity index (χ2n) is 10.6. The summed E-state index contributed by atoms with van der Waals surface area (Å²) in [5, 5.41) is 21.9. The van der Waals surface area contributed by atoms with Crippen LogP contribution in [0.2, 0.25) is 0 Å². The van der Waals surface area contributed by atoms with Gasteiger partial charge < -0.3 is 24.6 Å². The third kappa shape index (κ3) is 1.58. The molecule has 0 aromatic heterocycles. The molecule has 0 radical (unpaired) electrons. The molecule has 28 heavy (non-hydrogen) atoms. The summed E-state index contributed by atoms with van der Waals surface area (Å²) in [5.74, 6) is 0.944. The highest BCUT2D eigenvalue weighted by Crippen LogP contribution is 2.77. The monoisotopic (exact) mass is 385 g/mol. The van der Waals surface area contributed by atoms with Crippen molar-refractivity contribution in [3.05, 3.63) is 23.3 Å². The van der Waals surface area contributed by atoms with Gasteiger partial charge in [-0.05, 0) is 71.2 Å². The Morgan fingerprint density at radius 3 is 2.75 bits per heavy atom. The van der Waals surface area contributed by atoms with Crippen LogP contribution in [0.4, 0.5) is 0 Å². The third-order valence-corrected chi connectivity index (χ3v) is 9.48. The fourth-order valence-corrected chi connectivity index (χ4v) is 8.51. The van der Waals surface area contributed by atoms with Crippen molar-refractivity contribution >= 4 is 0 Å². The Morgan fingerprint density at radius 2 is 2.04 bits per heavy atom. The highest BCUT2D eigenvalue weighted by molar-refractivity contribution is 5.63. The predicted octanol–water partition coefficient (Wildman–Crippen LogP) is 2.61. The van der Waals surface area contributed by atoms with Crippen LogP contribution in [-0.2, 0) is 16.6 Å². The van der Waals surface area contributed by atoms with Crippen LogP contribution in [0.5, 0.6) is 11.5 Å². The lowest BCUT2D eigenvalue weighted by Crippen LogP contribution is -2.82. The largest absolute Gasteiger partial charge is 0.504 e. The summed E-state index contributed by atoms with van der Waals surface area (Å²) >= 11 is 0. The zero-order chi connectivity index (χ0) is 19.7. The minimum absolute atomic E-state index is 0.00359. The second-order valence-corrected chi connectivity index (χ2v) is 10.6. The Labute approximate surface area is 166 Å². The lowest BCUT2D eigenvalue weighted by atomic mass is 9.34. The zero-order valence-electron chi connectivity index (χ0n) is 17.3. The number of phenols is 1. The zero-order valence-corrected chi connectivity index (χ0v) is 17.3. The molecule has 2 aliphatic heterocycles. The molecular formula is C23H31NO4. The number of ether oxygens (including phenoxy) is 2. The molecular weight excluding hydrogens is 354 g/mol. The Bertz CT molecular complexity index is 878. The van der Waals surface area contributed by atoms with Gasteiger partial charge in [0.25, 0.3) is 0 Å². The molecule has 0 unspecified atom stereocenters. The molecule has 1 saturated heterocycles. The summed E-state index contributed by atoms with van der Waals surface area (Å²) in [5.41, 5.74) is 1.15. The first-order chi connectivity index (χ1) is 13.2. The summed E-state index contributed by atoms with van der Waals surface area (Å²) in [6.45, 7) is 4.89. The highest BCUT2D eigenvalue weighted by Gasteiger charge is 2.81. The average molecular weight is 386 g/mol. The Balaban J connectivity index is 1.69. The van der Waals surface area contributed by atoms with Gasteiger partial charge in [-0.3, -0.25) is 0 Å². The predicted molar refractivity (Wildman–Crippen MR) is 105 cm³/mol. The minimum atomic E-state index is -0.849. The van der Waals surface area contributed by atoms with E-state index in [0.29, 0.717) is 11.8 Å². The summed E-state index contributed by atoms with van der Waals surface area (Å²) in [4.78, 5) is 2.54. The van der Waals surface area contributed by atoms with E-state index in [4.69, 9.17) is 9.47 Å². The summed E-state index contributed by atoms with van der Waals surface area (Å²) in [6, 6.07) is 4.34. The number of piperidine rings is 1. The number of fused-ring (bicyclic) bond motifs is 2. The summed E-state index contributed by atoms with van der Waals surface area (Å²) < 4.78 is 13.0. The van der Waals surface area contributed by atoms with Crippen molar-refractivity contribution < 1.29 is 19.7 Å². The van der Waals surface area contributed by atoms with Crippen molar-refractivity contribution in [2.24, 2.45) is 11.3 Å². The molecule has 6 atom stereocenters. The molecule has 3 saturated carbocycles. The average Bonchev–Trinajstić information content (AvgIpc) is 3.03. The van der Waals surface area contributed by atoms with Gasteiger partial charge in [0.15, 0.2) is 11.5 Å². The molecule has 4 fully saturated rings. The van der Waals surface area contributed by atoms with Crippen LogP contribution in [0.3, 0.4) is 0 Å². The van der Waals surface area contributed by atoms with Crippen LogP contribution in [0.1, 0.15) is 50.7 Å². The van der Waals surface area contributed by atoms with Crippen LogP contribution in [0.25, 0.3) is 0 Å². The summed E-state index contributed by atoms with van der Waals surface area (Å²) in [7, 11) is 4.05. The fourth-order valence-electron chi connectivity index (χ4n) is 8.51. The first-order valence-corrected chi connectivity index (χ1v) is 10.7. The van der Waals surface area contributed by atoms with Crippen LogP contribution >= 0.6 is 0 Å². The van der Waals surface area contributed by atoms with Crippen LogP contribution in [-0.4, -0.2) is 59.2 Å². The van der Waals surface area contributed by atoms with Crippen molar-refractivity contribution in [3.63, 3.8) is 0 Å². The minimum Gasteiger partial charge on any atom is -0.504 e. The molecule has 2 N–H and O–H groups in total. The number of likely N-dealkylation sites (tertiary alicyclic amines) is 1. The van der Waals surface area contributed by atoms with Gasteiger partial charge in [0.05, 0.1) is 5.60 Å². The van der Waals surface area contributed by atoms with E-state index in [-0.39, 0.29) is 28.6 Å². The van der Waals surface area contributed by atoms with E-state index in [0.717, 1.165) is 38.6 Å². The van der Waals surface area contributed by atoms with E-state index in [1.54, 1.807) is 13.2 Å². The van der Waals surface area contributed by atoms with E-state index in [9.17, 15) is 10.2 Å². The SMILES string of the molecule is CO[C@]12CC[C@@]3(C[C@H]1C(C)(C)O)[C@H]1Cc4ccc(O)c5c4[C@@]3(CCN1C)[C@H]2O5. The fraction of sp³-hybridized carbons (Fsp3) is 0.739. The molecule has 0 amide bonds. The second kappa shape index (κ2) is 4.88. The maximum Gasteiger partial charge on any atom is 0.165 e. The quantitative estimate of drug-likeness (QED) is 0.819. The number of phenolic OH excluding ortho intramolecular Hbond substituents is 1. The lowest BCUT2D eigenvalue weighted by Gasteiger charge is -2.74. The molecule has 7 rings (SSSR count). The van der Waals surface area contributed by atoms with Gasteiger partial charge in [0, 0.05) is 35.5 Å². The Morgan fingerprint density at radius 1 is 1.25 bits per heavy atom. The number of benzene rings is 1. The Kier molecular flexibility index (Phi) is 3.06. The molecule has 2 heterocycles. The molecule has 5 heteroatoms. The molecule has 4 aliphatic carbocycles. The number of aromatic hydroxyl groups is 1. The molecule has 6 aliphatic rings.